The molecule has 1 aliphatic heterocycles. The number of nitrogens with two attached hydrogens (primary N) is 1. The molecule has 0 aliphatic carbocycles. The van der Waals surface area contributed by atoms with Crippen LogP contribution in [0.5, 0.6) is 0 Å². The molecule has 0 fully saturated rings. The second kappa shape index (κ2) is 8.18. The molecule has 4 aromatic rings. The fraction of sp³-hybridized carbons (Fsp3) is 0.115. The summed E-state index contributed by atoms with van der Waals surface area (Å²) in [7, 11) is 0. The number of hydrogen-bond acceptors (Lipinski definition) is 5. The van der Waals surface area contributed by atoms with Gasteiger partial charge in [-0.05, 0) is 54.9 Å². The molecule has 3 aromatic carbocycles. The van der Waals surface area contributed by atoms with Gasteiger partial charge in [0.25, 0.3) is 5.56 Å². The van der Waals surface area contributed by atoms with Gasteiger partial charge in [0.1, 0.15) is 11.9 Å². The van der Waals surface area contributed by atoms with Crippen molar-refractivity contribution in [2.24, 2.45) is 10.7 Å². The Kier molecular flexibility index (Phi) is 5.18. The largest absolute Gasteiger partial charge is 0.370 e. The minimum atomic E-state index is -0.559. The Morgan fingerprint density at radius 3 is 2.00 bits per heavy atom. The van der Waals surface area contributed by atoms with Gasteiger partial charge in [-0.1, -0.05) is 66.7 Å². The highest BCUT2D eigenvalue weighted by Gasteiger charge is 2.31. The van der Waals surface area contributed by atoms with Crippen LogP contribution in [0.4, 0.5) is 5.82 Å². The van der Waals surface area contributed by atoms with Crippen molar-refractivity contribution in [1.82, 2.24) is 9.13 Å². The number of fused-ring (bicyclic) bond motifs is 1. The Morgan fingerprint density at radius 2 is 1.39 bits per heavy atom. The van der Waals surface area contributed by atoms with Gasteiger partial charge in [0.2, 0.25) is 0 Å². The van der Waals surface area contributed by atoms with Crippen LogP contribution in [0.1, 0.15) is 28.3 Å². The van der Waals surface area contributed by atoms with Crippen molar-refractivity contribution in [2.45, 2.75) is 19.9 Å². The molecule has 0 saturated heterocycles. The number of hydrogen-bond donors (Lipinski definition) is 2. The molecule has 0 amide bonds. The van der Waals surface area contributed by atoms with E-state index < -0.39 is 6.04 Å². The van der Waals surface area contributed by atoms with Crippen LogP contribution >= 0.6 is 12.2 Å². The molecule has 2 heterocycles. The number of benzene rings is 3. The molecule has 5 rings (SSSR count). The Balaban J connectivity index is 1.95. The number of anilines is 1. The number of rotatable bonds is 3. The standard InChI is InChI=1S/C26H23N5OS/c1-16-10-6-8-14-19(16)30-23-21(22(28-25(27)29-23)18-12-4-3-5-13-18)24(32)31(26(30)33)20-15-9-7-11-17(20)2/h3-15,22H,1-2H3,(H3,27,28,29). The Hall–Kier alpha value is -3.97. The van der Waals surface area contributed by atoms with E-state index in [2.05, 4.69) is 10.3 Å². The van der Waals surface area contributed by atoms with Crippen LogP contribution < -0.4 is 16.6 Å². The van der Waals surface area contributed by atoms with E-state index in [1.54, 1.807) is 4.57 Å². The molecule has 0 saturated carbocycles. The maximum atomic E-state index is 14.1. The lowest BCUT2D eigenvalue weighted by molar-refractivity contribution is 0.754. The van der Waals surface area contributed by atoms with Gasteiger partial charge >= 0.3 is 0 Å². The number of para-hydroxylation sites is 2. The first-order valence-electron chi connectivity index (χ1n) is 10.7. The van der Waals surface area contributed by atoms with Gasteiger partial charge in [0.15, 0.2) is 10.7 Å². The van der Waals surface area contributed by atoms with Crippen molar-refractivity contribution < 1.29 is 0 Å². The fourth-order valence-corrected chi connectivity index (χ4v) is 4.66. The van der Waals surface area contributed by atoms with Crippen LogP contribution in [-0.2, 0) is 0 Å². The van der Waals surface area contributed by atoms with Crippen molar-refractivity contribution in [2.75, 3.05) is 5.32 Å². The first kappa shape index (κ1) is 20.9. The van der Waals surface area contributed by atoms with E-state index in [1.807, 2.05) is 97.3 Å². The minimum Gasteiger partial charge on any atom is -0.370 e. The summed E-state index contributed by atoms with van der Waals surface area (Å²) in [5.74, 6) is 0.784. The lowest BCUT2D eigenvalue weighted by atomic mass is 9.99. The summed E-state index contributed by atoms with van der Waals surface area (Å²) in [5, 5.41) is 3.14. The SMILES string of the molecule is Cc1ccccc1-n1c2c(c(=O)n(-c3ccccc3C)c1=S)C(c1ccccc1)N=C(N)N2. The molecular formula is C26H23N5OS. The van der Waals surface area contributed by atoms with Crippen LogP contribution in [0.3, 0.4) is 0 Å². The molecule has 0 radical (unpaired) electrons. The van der Waals surface area contributed by atoms with Crippen LogP contribution in [0.2, 0.25) is 0 Å². The molecule has 33 heavy (non-hydrogen) atoms. The third-order valence-corrected chi connectivity index (χ3v) is 6.28. The van der Waals surface area contributed by atoms with Gasteiger partial charge in [-0.3, -0.25) is 13.9 Å². The lowest BCUT2D eigenvalue weighted by Gasteiger charge is -2.28. The minimum absolute atomic E-state index is 0.216. The topological polar surface area (TPSA) is 77.3 Å². The summed E-state index contributed by atoms with van der Waals surface area (Å²) in [5.41, 5.74) is 11.0. The number of aryl methyl sites for hydroxylation is 2. The molecule has 1 aliphatic rings. The van der Waals surface area contributed by atoms with Gasteiger partial charge in [-0.15, -0.1) is 0 Å². The molecule has 1 unspecified atom stereocenters. The molecule has 3 N–H and O–H groups in total. The number of aromatic nitrogens is 2. The summed E-state index contributed by atoms with van der Waals surface area (Å²) in [6.07, 6.45) is 0. The van der Waals surface area contributed by atoms with E-state index in [0.717, 1.165) is 28.1 Å². The van der Waals surface area contributed by atoms with Crippen LogP contribution in [0.15, 0.2) is 88.6 Å². The molecular weight excluding hydrogens is 430 g/mol. The quantitative estimate of drug-likeness (QED) is 0.437. The van der Waals surface area contributed by atoms with E-state index in [4.69, 9.17) is 18.0 Å². The Labute approximate surface area is 196 Å². The molecule has 0 bridgehead atoms. The molecule has 1 atom stereocenters. The second-order valence-corrected chi connectivity index (χ2v) is 8.41. The van der Waals surface area contributed by atoms with E-state index in [1.165, 1.54) is 0 Å². The molecule has 0 spiro atoms. The highest BCUT2D eigenvalue weighted by Crippen LogP contribution is 2.35. The fourth-order valence-electron chi connectivity index (χ4n) is 4.29. The average molecular weight is 454 g/mol. The van der Waals surface area contributed by atoms with Crippen molar-refractivity contribution in [1.29, 1.82) is 0 Å². The first-order chi connectivity index (χ1) is 16.0. The van der Waals surface area contributed by atoms with Crippen LogP contribution in [-0.4, -0.2) is 15.1 Å². The zero-order valence-corrected chi connectivity index (χ0v) is 19.1. The first-order valence-corrected chi connectivity index (χ1v) is 11.1. The van der Waals surface area contributed by atoms with E-state index in [9.17, 15) is 4.79 Å². The average Bonchev–Trinajstić information content (AvgIpc) is 2.81. The van der Waals surface area contributed by atoms with Gasteiger partial charge < -0.3 is 11.1 Å². The van der Waals surface area contributed by atoms with Crippen molar-refractivity contribution in [3.63, 3.8) is 0 Å². The van der Waals surface area contributed by atoms with E-state index in [-0.39, 0.29) is 11.5 Å². The number of nitrogens with one attached hydrogen (secondary N) is 1. The normalized spacial score (nSPS) is 14.8. The molecule has 1 aromatic heterocycles. The zero-order valence-electron chi connectivity index (χ0n) is 18.3. The third-order valence-electron chi connectivity index (χ3n) is 5.91. The highest BCUT2D eigenvalue weighted by atomic mass is 32.1. The molecule has 164 valence electrons. The van der Waals surface area contributed by atoms with E-state index in [0.29, 0.717) is 16.2 Å². The lowest BCUT2D eigenvalue weighted by Crippen LogP contribution is -2.38. The van der Waals surface area contributed by atoms with Gasteiger partial charge in [0, 0.05) is 0 Å². The number of nitrogens with zero attached hydrogens (tertiary/aromatic N) is 3. The van der Waals surface area contributed by atoms with Crippen molar-refractivity contribution >= 4 is 24.0 Å². The van der Waals surface area contributed by atoms with Crippen LogP contribution in [0.25, 0.3) is 11.4 Å². The number of guanidine groups is 1. The summed E-state index contributed by atoms with van der Waals surface area (Å²) in [6.45, 7) is 3.98. The predicted molar refractivity (Wildman–Crippen MR) is 135 cm³/mol. The predicted octanol–water partition coefficient (Wildman–Crippen LogP) is 4.80. The Morgan fingerprint density at radius 1 is 0.848 bits per heavy atom. The summed E-state index contributed by atoms with van der Waals surface area (Å²) < 4.78 is 3.85. The summed E-state index contributed by atoms with van der Waals surface area (Å²) in [6, 6.07) is 24.8. The second-order valence-electron chi connectivity index (χ2n) is 8.05. The van der Waals surface area contributed by atoms with Gasteiger partial charge in [-0.2, -0.15) is 0 Å². The maximum Gasteiger partial charge on any atom is 0.266 e. The third kappa shape index (κ3) is 3.47. The summed E-state index contributed by atoms with van der Waals surface area (Å²) >= 11 is 5.95. The van der Waals surface area contributed by atoms with Crippen molar-refractivity contribution in [3.8, 4) is 11.4 Å². The maximum absolute atomic E-state index is 14.1. The van der Waals surface area contributed by atoms with Gasteiger partial charge in [-0.25, -0.2) is 4.99 Å². The van der Waals surface area contributed by atoms with Crippen molar-refractivity contribution in [3.05, 3.63) is 116 Å². The summed E-state index contributed by atoms with van der Waals surface area (Å²) in [4.78, 5) is 18.7. The number of aliphatic imine (C=N–C) groups is 1. The zero-order chi connectivity index (χ0) is 23.1. The smallest absolute Gasteiger partial charge is 0.266 e. The Bertz CT molecular complexity index is 1520. The molecule has 7 heteroatoms. The van der Waals surface area contributed by atoms with Gasteiger partial charge in [0.05, 0.1) is 16.9 Å². The van der Waals surface area contributed by atoms with Crippen LogP contribution in [0, 0.1) is 18.6 Å². The monoisotopic (exact) mass is 453 g/mol. The van der Waals surface area contributed by atoms with E-state index >= 15 is 0 Å². The molecule has 6 nitrogen and oxygen atoms in total. The highest BCUT2D eigenvalue weighted by molar-refractivity contribution is 7.71.